The van der Waals surface area contributed by atoms with E-state index in [2.05, 4.69) is 10.3 Å². The molecule has 0 aliphatic carbocycles. The van der Waals surface area contributed by atoms with Crippen LogP contribution < -0.4 is 11.0 Å². The van der Waals surface area contributed by atoms with Crippen LogP contribution in [0, 0.1) is 0 Å². The van der Waals surface area contributed by atoms with Gasteiger partial charge in [-0.2, -0.15) is 4.98 Å². The molecule has 1 aromatic rings. The number of nitrogens with zero attached hydrogens (tertiary/aromatic N) is 2. The largest absolute Gasteiger partial charge is 0.478 e. The van der Waals surface area contributed by atoms with Crippen molar-refractivity contribution in [3.63, 3.8) is 0 Å². The summed E-state index contributed by atoms with van der Waals surface area (Å²) in [4.78, 5) is 16.2. The molecule has 26 heavy (non-hydrogen) atoms. The molecule has 9 nitrogen and oxygen atoms in total. The fourth-order valence-corrected chi connectivity index (χ4v) is 3.02. The summed E-state index contributed by atoms with van der Waals surface area (Å²) in [6.07, 6.45) is 0.00613. The van der Waals surface area contributed by atoms with Crippen LogP contribution in [0.2, 0.25) is 0 Å². The molecule has 0 amide bonds. The Bertz CT molecular complexity index is 693. The number of hydrogen-bond acceptors (Lipinski definition) is 8. The number of rotatable bonds is 5. The molecule has 2 fully saturated rings. The predicted molar refractivity (Wildman–Crippen MR) is 94.7 cm³/mol. The lowest BCUT2D eigenvalue weighted by Gasteiger charge is -2.32. The molecule has 0 spiro atoms. The van der Waals surface area contributed by atoms with Crippen molar-refractivity contribution in [2.45, 2.75) is 63.8 Å². The van der Waals surface area contributed by atoms with Crippen molar-refractivity contribution in [3.05, 3.63) is 22.7 Å². The van der Waals surface area contributed by atoms with Crippen LogP contribution in [0.1, 0.15) is 40.3 Å². The van der Waals surface area contributed by atoms with Crippen molar-refractivity contribution < 1.29 is 24.3 Å². The third-order valence-electron chi connectivity index (χ3n) is 5.28. The average molecular weight is 367 g/mol. The van der Waals surface area contributed by atoms with Gasteiger partial charge in [0.15, 0.2) is 0 Å². The molecule has 3 atom stereocenters. The van der Waals surface area contributed by atoms with Crippen LogP contribution >= 0.6 is 0 Å². The number of ether oxygens (including phenoxy) is 1. The maximum Gasteiger partial charge on any atom is 0.478 e. The molecule has 3 heterocycles. The Kier molecular flexibility index (Phi) is 5.15. The standard InChI is InChI=1S/C16H26BN3O6/c1-15(2)16(3,4)26-17(25-15)9-18-12-5-6-20(14(23)19-12)13-7-10(22)11(8-21)24-13/h5-6,10-11,13,21-22H,7-9H2,1-4H3,(H,18,19,23)/t10-,11-,13-/m1/s1. The summed E-state index contributed by atoms with van der Waals surface area (Å²) in [5, 5.41) is 22.0. The van der Waals surface area contributed by atoms with Crippen molar-refractivity contribution in [2.24, 2.45) is 0 Å². The van der Waals surface area contributed by atoms with E-state index in [4.69, 9.17) is 19.2 Å². The van der Waals surface area contributed by atoms with Crippen LogP contribution in [0.3, 0.4) is 0 Å². The van der Waals surface area contributed by atoms with Gasteiger partial charge in [-0.25, -0.2) is 4.79 Å². The van der Waals surface area contributed by atoms with Crippen molar-refractivity contribution >= 4 is 12.9 Å². The van der Waals surface area contributed by atoms with Gasteiger partial charge in [0.05, 0.1) is 30.4 Å². The highest BCUT2D eigenvalue weighted by atomic mass is 16.7. The molecule has 0 unspecified atom stereocenters. The summed E-state index contributed by atoms with van der Waals surface area (Å²) in [7, 11) is -0.442. The predicted octanol–water partition coefficient (Wildman–Crippen LogP) is -0.0727. The van der Waals surface area contributed by atoms with Crippen molar-refractivity contribution in [3.8, 4) is 0 Å². The lowest BCUT2D eigenvalue weighted by molar-refractivity contribution is -0.0458. The Morgan fingerprint density at radius 2 is 2.00 bits per heavy atom. The van der Waals surface area contributed by atoms with Gasteiger partial charge < -0.3 is 29.6 Å². The zero-order chi connectivity index (χ0) is 19.1. The number of aliphatic hydroxyl groups is 2. The third-order valence-corrected chi connectivity index (χ3v) is 5.28. The SMILES string of the molecule is CC1(C)OB(CNc2ccn([C@H]3C[C@@H](O)[C@@H](CO)O3)c(=O)n2)OC1(C)C. The number of aliphatic hydroxyl groups excluding tert-OH is 2. The fourth-order valence-electron chi connectivity index (χ4n) is 3.02. The van der Waals surface area contributed by atoms with Gasteiger partial charge >= 0.3 is 12.8 Å². The Balaban J connectivity index is 1.62. The first-order valence-corrected chi connectivity index (χ1v) is 8.76. The molecule has 10 heteroatoms. The summed E-state index contributed by atoms with van der Waals surface area (Å²) in [5.74, 6) is 0.401. The Labute approximate surface area is 152 Å². The topological polar surface area (TPSA) is 115 Å². The first-order valence-electron chi connectivity index (χ1n) is 8.76. The van der Waals surface area contributed by atoms with Crippen LogP contribution in [0.25, 0.3) is 0 Å². The highest BCUT2D eigenvalue weighted by molar-refractivity contribution is 6.46. The van der Waals surface area contributed by atoms with E-state index < -0.39 is 42.4 Å². The van der Waals surface area contributed by atoms with Gasteiger partial charge in [0.25, 0.3) is 0 Å². The number of anilines is 1. The Morgan fingerprint density at radius 3 is 2.54 bits per heavy atom. The van der Waals surface area contributed by atoms with Gasteiger partial charge in [0, 0.05) is 12.6 Å². The van der Waals surface area contributed by atoms with Crippen LogP contribution in [0.4, 0.5) is 5.82 Å². The molecule has 1 aromatic heterocycles. The summed E-state index contributed by atoms with van der Waals surface area (Å²) in [5.41, 5.74) is -1.33. The van der Waals surface area contributed by atoms with E-state index in [0.717, 1.165) is 0 Å². The average Bonchev–Trinajstić information content (AvgIpc) is 3.01. The van der Waals surface area contributed by atoms with Crippen LogP contribution in [-0.4, -0.2) is 63.3 Å². The smallest absolute Gasteiger partial charge is 0.402 e. The second-order valence-corrected chi connectivity index (χ2v) is 7.68. The minimum Gasteiger partial charge on any atom is -0.402 e. The van der Waals surface area contributed by atoms with E-state index >= 15 is 0 Å². The molecular weight excluding hydrogens is 341 g/mol. The van der Waals surface area contributed by atoms with E-state index in [-0.39, 0.29) is 13.0 Å². The lowest BCUT2D eigenvalue weighted by Crippen LogP contribution is -2.41. The summed E-state index contributed by atoms with van der Waals surface area (Å²) >= 11 is 0. The minimum absolute atomic E-state index is 0.230. The minimum atomic E-state index is -0.807. The number of nitrogens with one attached hydrogen (secondary N) is 1. The maximum atomic E-state index is 12.3. The van der Waals surface area contributed by atoms with Gasteiger partial charge in [-0.3, -0.25) is 4.57 Å². The Morgan fingerprint density at radius 1 is 1.35 bits per heavy atom. The quantitative estimate of drug-likeness (QED) is 0.620. The van der Waals surface area contributed by atoms with Gasteiger partial charge in [0.2, 0.25) is 0 Å². The van der Waals surface area contributed by atoms with E-state index in [1.807, 2.05) is 27.7 Å². The summed E-state index contributed by atoms with van der Waals surface area (Å²) < 4.78 is 18.6. The molecule has 144 valence electrons. The molecule has 2 aliphatic rings. The molecule has 0 bridgehead atoms. The van der Waals surface area contributed by atoms with Crippen LogP contribution in [-0.2, 0) is 14.0 Å². The normalized spacial score (nSPS) is 29.9. The fraction of sp³-hybridized carbons (Fsp3) is 0.750. The first kappa shape index (κ1) is 19.3. The van der Waals surface area contributed by atoms with E-state index in [1.54, 1.807) is 12.3 Å². The highest BCUT2D eigenvalue weighted by Gasteiger charge is 2.50. The first-order chi connectivity index (χ1) is 12.1. The maximum absolute atomic E-state index is 12.3. The van der Waals surface area contributed by atoms with Crippen LogP contribution in [0.15, 0.2) is 17.1 Å². The molecule has 3 rings (SSSR count). The van der Waals surface area contributed by atoms with E-state index in [0.29, 0.717) is 12.3 Å². The molecule has 0 aromatic carbocycles. The van der Waals surface area contributed by atoms with Crippen molar-refractivity contribution in [2.75, 3.05) is 18.4 Å². The molecule has 2 aliphatic heterocycles. The second kappa shape index (κ2) is 6.93. The summed E-state index contributed by atoms with van der Waals surface area (Å²) in [6, 6.07) is 1.65. The van der Waals surface area contributed by atoms with Gasteiger partial charge in [0.1, 0.15) is 18.1 Å². The Hall–Kier alpha value is -1.46. The third kappa shape index (κ3) is 3.65. The monoisotopic (exact) mass is 367 g/mol. The lowest BCUT2D eigenvalue weighted by atomic mass is 9.90. The molecule has 0 saturated carbocycles. The summed E-state index contributed by atoms with van der Waals surface area (Å²) in [6.45, 7) is 7.60. The number of hydrogen-bond donors (Lipinski definition) is 3. The van der Waals surface area contributed by atoms with Crippen molar-refractivity contribution in [1.29, 1.82) is 0 Å². The van der Waals surface area contributed by atoms with Gasteiger partial charge in [-0.1, -0.05) is 0 Å². The zero-order valence-electron chi connectivity index (χ0n) is 15.5. The van der Waals surface area contributed by atoms with Gasteiger partial charge in [-0.15, -0.1) is 0 Å². The van der Waals surface area contributed by atoms with Crippen molar-refractivity contribution in [1.82, 2.24) is 9.55 Å². The molecule has 3 N–H and O–H groups in total. The second-order valence-electron chi connectivity index (χ2n) is 7.68. The molecule has 2 saturated heterocycles. The number of aromatic nitrogens is 2. The van der Waals surface area contributed by atoms with Gasteiger partial charge in [-0.05, 0) is 33.8 Å². The van der Waals surface area contributed by atoms with E-state index in [1.165, 1.54) is 4.57 Å². The zero-order valence-corrected chi connectivity index (χ0v) is 15.5. The van der Waals surface area contributed by atoms with Crippen LogP contribution in [0.5, 0.6) is 0 Å². The van der Waals surface area contributed by atoms with E-state index in [9.17, 15) is 9.90 Å². The molecule has 0 radical (unpaired) electrons. The molecular formula is C16H26BN3O6. The highest BCUT2D eigenvalue weighted by Crippen LogP contribution is 2.36.